The Labute approximate surface area is 136 Å². The first-order valence-electron chi connectivity index (χ1n) is 8.31. The molecule has 1 amide bonds. The van der Waals surface area contributed by atoms with Gasteiger partial charge in [-0.15, -0.1) is 5.10 Å². The first-order chi connectivity index (χ1) is 10.8. The Kier molecular flexibility index (Phi) is 4.42. The number of nitrogens with zero attached hydrogens (tertiary/aromatic N) is 3. The third-order valence-electron chi connectivity index (χ3n) is 4.23. The van der Waals surface area contributed by atoms with E-state index in [-0.39, 0.29) is 24.0 Å². The molecule has 1 saturated carbocycles. The molecule has 0 unspecified atom stereocenters. The minimum absolute atomic E-state index is 0.0608. The molecule has 0 aromatic carbocycles. The summed E-state index contributed by atoms with van der Waals surface area (Å²) in [7, 11) is 0. The number of carbonyl (C=O) groups excluding carboxylic acids is 1. The minimum atomic E-state index is -0.685. The first-order valence-corrected chi connectivity index (χ1v) is 8.31. The molecule has 1 aromatic rings. The lowest BCUT2D eigenvalue weighted by Gasteiger charge is -2.24. The highest BCUT2D eigenvalue weighted by atomic mass is 16.5. The molecule has 7 nitrogen and oxygen atoms in total. The van der Waals surface area contributed by atoms with Gasteiger partial charge in [0.2, 0.25) is 5.91 Å². The van der Waals surface area contributed by atoms with E-state index in [0.29, 0.717) is 18.9 Å². The van der Waals surface area contributed by atoms with Crippen molar-refractivity contribution < 1.29 is 14.6 Å². The molecule has 1 aromatic heterocycles. The topological polar surface area (TPSA) is 89.3 Å². The largest absolute Gasteiger partial charge is 0.388 e. The molecule has 128 valence electrons. The smallest absolute Gasteiger partial charge is 0.220 e. The van der Waals surface area contributed by atoms with E-state index >= 15 is 0 Å². The van der Waals surface area contributed by atoms with Crippen molar-refractivity contribution >= 4 is 5.91 Å². The van der Waals surface area contributed by atoms with Crippen LogP contribution in [0.5, 0.6) is 0 Å². The molecule has 1 saturated heterocycles. The van der Waals surface area contributed by atoms with Gasteiger partial charge in [-0.05, 0) is 18.3 Å². The van der Waals surface area contributed by atoms with Crippen LogP contribution in [0.4, 0.5) is 0 Å². The zero-order chi connectivity index (χ0) is 16.6. The molecule has 3 atom stereocenters. The second-order valence-corrected chi connectivity index (χ2v) is 7.91. The van der Waals surface area contributed by atoms with Crippen LogP contribution in [0, 0.1) is 5.41 Å². The van der Waals surface area contributed by atoms with Crippen molar-refractivity contribution in [3.63, 3.8) is 0 Å². The first kappa shape index (κ1) is 16.4. The number of carbonyl (C=O) groups is 1. The van der Waals surface area contributed by atoms with Gasteiger partial charge in [-0.25, -0.2) is 4.68 Å². The predicted octanol–water partition coefficient (Wildman–Crippen LogP) is 0.836. The third-order valence-corrected chi connectivity index (χ3v) is 4.23. The van der Waals surface area contributed by atoms with Gasteiger partial charge in [0.1, 0.15) is 6.10 Å². The predicted molar refractivity (Wildman–Crippen MR) is 83.7 cm³/mol. The fourth-order valence-corrected chi connectivity index (χ4v) is 2.90. The van der Waals surface area contributed by atoms with Crippen molar-refractivity contribution in [2.24, 2.45) is 5.41 Å². The van der Waals surface area contributed by atoms with Crippen LogP contribution < -0.4 is 5.32 Å². The molecule has 2 heterocycles. The second-order valence-electron chi connectivity index (χ2n) is 7.91. The summed E-state index contributed by atoms with van der Waals surface area (Å²) in [6, 6.07) is -0.404. The molecule has 0 spiro atoms. The van der Waals surface area contributed by atoms with Crippen molar-refractivity contribution in [3.05, 3.63) is 11.9 Å². The lowest BCUT2D eigenvalue weighted by molar-refractivity contribution is -0.124. The molecule has 3 rings (SSSR count). The Morgan fingerprint density at radius 1 is 1.48 bits per heavy atom. The lowest BCUT2D eigenvalue weighted by atomic mass is 9.91. The summed E-state index contributed by atoms with van der Waals surface area (Å²) in [6.45, 7) is 6.76. The maximum Gasteiger partial charge on any atom is 0.220 e. The number of rotatable bonds is 5. The molecule has 1 aliphatic carbocycles. The number of ether oxygens (including phenoxy) is 1. The van der Waals surface area contributed by atoms with E-state index in [1.54, 1.807) is 4.68 Å². The van der Waals surface area contributed by atoms with Gasteiger partial charge >= 0.3 is 0 Å². The Hall–Kier alpha value is -1.47. The summed E-state index contributed by atoms with van der Waals surface area (Å²) >= 11 is 0. The fourth-order valence-electron chi connectivity index (χ4n) is 2.90. The highest BCUT2D eigenvalue weighted by Gasteiger charge is 2.38. The minimum Gasteiger partial charge on any atom is -0.388 e. The quantitative estimate of drug-likeness (QED) is 0.838. The monoisotopic (exact) mass is 322 g/mol. The SMILES string of the molecule is CC(C)(C)CC(=O)N[C@@H]1[C@@H](O)CO[C@@H]1Cn1cc(C2CC2)nn1. The Morgan fingerprint density at radius 2 is 2.22 bits per heavy atom. The zero-order valence-electron chi connectivity index (χ0n) is 14.0. The molecule has 0 radical (unpaired) electrons. The maximum atomic E-state index is 12.1. The van der Waals surface area contributed by atoms with E-state index in [2.05, 4.69) is 15.6 Å². The van der Waals surface area contributed by atoms with Crippen LogP contribution in [0.2, 0.25) is 0 Å². The van der Waals surface area contributed by atoms with Gasteiger partial charge in [0.15, 0.2) is 0 Å². The highest BCUT2D eigenvalue weighted by Crippen LogP contribution is 2.38. The summed E-state index contributed by atoms with van der Waals surface area (Å²) < 4.78 is 7.39. The normalized spacial score (nSPS) is 28.1. The van der Waals surface area contributed by atoms with E-state index in [4.69, 9.17) is 4.74 Å². The van der Waals surface area contributed by atoms with Gasteiger partial charge in [-0.2, -0.15) is 0 Å². The van der Waals surface area contributed by atoms with Gasteiger partial charge in [-0.3, -0.25) is 4.79 Å². The van der Waals surface area contributed by atoms with Crippen LogP contribution in [-0.4, -0.2) is 50.9 Å². The van der Waals surface area contributed by atoms with Gasteiger partial charge < -0.3 is 15.2 Å². The molecule has 2 N–H and O–H groups in total. The average molecular weight is 322 g/mol. The standard InChI is InChI=1S/C16H26N4O3/c1-16(2,3)6-14(22)17-15-12(21)9-23-13(15)8-20-7-11(18-19-20)10-4-5-10/h7,10,12-13,15,21H,4-6,8-9H2,1-3H3,(H,17,22)/t12-,13+,15+/m0/s1. The Balaban J connectivity index is 1.59. The van der Waals surface area contributed by atoms with E-state index in [9.17, 15) is 9.90 Å². The van der Waals surface area contributed by atoms with Gasteiger partial charge in [0.25, 0.3) is 0 Å². The molecular weight excluding hydrogens is 296 g/mol. The number of hydrogen-bond acceptors (Lipinski definition) is 5. The van der Waals surface area contributed by atoms with Crippen molar-refractivity contribution in [3.8, 4) is 0 Å². The molecule has 2 aliphatic rings. The molecule has 0 bridgehead atoms. The molecule has 2 fully saturated rings. The van der Waals surface area contributed by atoms with Gasteiger partial charge in [0, 0.05) is 18.5 Å². The number of hydrogen-bond donors (Lipinski definition) is 2. The van der Waals surface area contributed by atoms with Crippen molar-refractivity contribution in [1.82, 2.24) is 20.3 Å². The van der Waals surface area contributed by atoms with Crippen LogP contribution in [0.15, 0.2) is 6.20 Å². The fraction of sp³-hybridized carbons (Fsp3) is 0.812. The van der Waals surface area contributed by atoms with Crippen LogP contribution in [0.25, 0.3) is 0 Å². The second kappa shape index (κ2) is 6.20. The van der Waals surface area contributed by atoms with Crippen molar-refractivity contribution in [2.75, 3.05) is 6.61 Å². The Morgan fingerprint density at radius 3 is 2.87 bits per heavy atom. The summed E-state index contributed by atoms with van der Waals surface area (Å²) in [5.74, 6) is 0.496. The van der Waals surface area contributed by atoms with E-state index in [1.807, 2.05) is 27.0 Å². The summed E-state index contributed by atoms with van der Waals surface area (Å²) in [4.78, 5) is 12.1. The number of nitrogens with one attached hydrogen (secondary N) is 1. The summed E-state index contributed by atoms with van der Waals surface area (Å²) in [5, 5.41) is 21.3. The number of aliphatic hydroxyl groups excluding tert-OH is 1. The number of amides is 1. The highest BCUT2D eigenvalue weighted by molar-refractivity contribution is 5.77. The maximum absolute atomic E-state index is 12.1. The van der Waals surface area contributed by atoms with Gasteiger partial charge in [0.05, 0.1) is 31.0 Å². The third kappa shape index (κ3) is 4.29. The van der Waals surface area contributed by atoms with Gasteiger partial charge in [-0.1, -0.05) is 26.0 Å². The van der Waals surface area contributed by atoms with Crippen molar-refractivity contribution in [1.29, 1.82) is 0 Å². The van der Waals surface area contributed by atoms with Crippen molar-refractivity contribution in [2.45, 2.75) is 70.7 Å². The molecule has 7 heteroatoms. The van der Waals surface area contributed by atoms with Crippen LogP contribution in [0.1, 0.15) is 51.6 Å². The Bertz CT molecular complexity index is 562. The van der Waals surface area contributed by atoms with Crippen LogP contribution >= 0.6 is 0 Å². The van der Waals surface area contributed by atoms with E-state index in [0.717, 1.165) is 5.69 Å². The summed E-state index contributed by atoms with van der Waals surface area (Å²) in [6.07, 6.45) is 3.75. The van der Waals surface area contributed by atoms with Crippen LogP contribution in [-0.2, 0) is 16.1 Å². The zero-order valence-corrected chi connectivity index (χ0v) is 14.0. The van der Waals surface area contributed by atoms with E-state index < -0.39 is 12.1 Å². The van der Waals surface area contributed by atoms with Crippen LogP contribution in [0.3, 0.4) is 0 Å². The average Bonchev–Trinajstić information content (AvgIpc) is 3.10. The molecule has 23 heavy (non-hydrogen) atoms. The number of aliphatic hydroxyl groups is 1. The molecular formula is C16H26N4O3. The summed E-state index contributed by atoms with van der Waals surface area (Å²) in [5.41, 5.74) is 0.937. The van der Waals surface area contributed by atoms with E-state index in [1.165, 1.54) is 12.8 Å². The lowest BCUT2D eigenvalue weighted by Crippen LogP contribution is -2.48. The number of aromatic nitrogens is 3. The molecule has 1 aliphatic heterocycles.